The van der Waals surface area contributed by atoms with Gasteiger partial charge in [-0.1, -0.05) is 0 Å². The molecule has 0 unspecified atom stereocenters. The number of urea groups is 2. The Hall–Kier alpha value is -2.72. The summed E-state index contributed by atoms with van der Waals surface area (Å²) in [6.07, 6.45) is -2.73. The average molecular weight is 271 g/mol. The monoisotopic (exact) mass is 271 g/mol. The zero-order valence-electron chi connectivity index (χ0n) is 9.89. The maximum absolute atomic E-state index is 11.9. The lowest BCUT2D eigenvalue weighted by atomic mass is 10.3. The first-order valence-electron chi connectivity index (χ1n) is 5.15. The van der Waals surface area contributed by atoms with Crippen LogP contribution in [-0.4, -0.2) is 56.0 Å². The SMILES string of the molecule is CC(=O)N1C(=O)N(C(C)=O)[C@@H]2[C@@H]1NC(=O)N2[N+](=O)[O-]. The van der Waals surface area contributed by atoms with Crippen molar-refractivity contribution in [2.24, 2.45) is 0 Å². The second-order valence-electron chi connectivity index (χ2n) is 3.95. The van der Waals surface area contributed by atoms with Crippen LogP contribution in [0.15, 0.2) is 0 Å². The summed E-state index contributed by atoms with van der Waals surface area (Å²) in [7, 11) is 0. The normalized spacial score (nSPS) is 25.5. The van der Waals surface area contributed by atoms with Gasteiger partial charge in [-0.25, -0.2) is 29.5 Å². The Morgan fingerprint density at radius 3 is 2.16 bits per heavy atom. The molecule has 2 saturated heterocycles. The van der Waals surface area contributed by atoms with Gasteiger partial charge in [0.25, 0.3) is 0 Å². The van der Waals surface area contributed by atoms with Gasteiger partial charge in [-0.05, 0) is 5.01 Å². The van der Waals surface area contributed by atoms with Crippen molar-refractivity contribution in [2.75, 3.05) is 0 Å². The number of hydrogen-bond acceptors (Lipinski definition) is 6. The molecule has 1 N–H and O–H groups in total. The molecule has 2 heterocycles. The number of nitrogens with one attached hydrogen (secondary N) is 1. The third-order valence-corrected chi connectivity index (χ3v) is 2.82. The predicted molar refractivity (Wildman–Crippen MR) is 55.4 cm³/mol. The first-order chi connectivity index (χ1) is 8.77. The van der Waals surface area contributed by atoms with Gasteiger partial charge >= 0.3 is 12.1 Å². The van der Waals surface area contributed by atoms with E-state index < -0.39 is 41.2 Å². The summed E-state index contributed by atoms with van der Waals surface area (Å²) in [5.41, 5.74) is 0. The molecule has 102 valence electrons. The van der Waals surface area contributed by atoms with E-state index in [0.29, 0.717) is 9.80 Å². The Kier molecular flexibility index (Phi) is 2.61. The number of amides is 6. The molecule has 2 fully saturated rings. The second-order valence-corrected chi connectivity index (χ2v) is 3.95. The van der Waals surface area contributed by atoms with E-state index in [9.17, 15) is 29.3 Å². The average Bonchev–Trinajstić information content (AvgIpc) is 2.67. The van der Waals surface area contributed by atoms with Crippen LogP contribution in [0.1, 0.15) is 13.8 Å². The minimum Gasteiger partial charge on any atom is -0.309 e. The molecule has 0 spiro atoms. The van der Waals surface area contributed by atoms with Crippen molar-refractivity contribution in [3.8, 4) is 0 Å². The van der Waals surface area contributed by atoms with Gasteiger partial charge in [0, 0.05) is 13.8 Å². The molecule has 6 amide bonds. The lowest BCUT2D eigenvalue weighted by Crippen LogP contribution is -2.50. The molecule has 0 aromatic carbocycles. The van der Waals surface area contributed by atoms with Crippen LogP contribution in [0.25, 0.3) is 0 Å². The first-order valence-corrected chi connectivity index (χ1v) is 5.15. The van der Waals surface area contributed by atoms with Gasteiger partial charge < -0.3 is 5.32 Å². The van der Waals surface area contributed by atoms with Crippen molar-refractivity contribution in [2.45, 2.75) is 26.2 Å². The minimum absolute atomic E-state index is 0.118. The van der Waals surface area contributed by atoms with Crippen LogP contribution in [0.2, 0.25) is 0 Å². The molecular weight excluding hydrogens is 262 g/mol. The summed E-state index contributed by atoms with van der Waals surface area (Å²) in [5, 5.41) is 12.0. The number of hydrazine groups is 1. The molecule has 0 aromatic rings. The Morgan fingerprint density at radius 1 is 1.21 bits per heavy atom. The van der Waals surface area contributed by atoms with E-state index >= 15 is 0 Å². The highest BCUT2D eigenvalue weighted by Gasteiger charge is 2.62. The highest BCUT2D eigenvalue weighted by molar-refractivity contribution is 6.04. The molecule has 11 nitrogen and oxygen atoms in total. The topological polar surface area (TPSA) is 133 Å². The highest BCUT2D eigenvalue weighted by Crippen LogP contribution is 2.29. The van der Waals surface area contributed by atoms with E-state index in [0.717, 1.165) is 13.8 Å². The Morgan fingerprint density at radius 2 is 1.74 bits per heavy atom. The molecule has 19 heavy (non-hydrogen) atoms. The largest absolute Gasteiger partial charge is 0.379 e. The van der Waals surface area contributed by atoms with E-state index in [2.05, 4.69) is 5.32 Å². The van der Waals surface area contributed by atoms with Gasteiger partial charge in [-0.2, -0.15) is 0 Å². The van der Waals surface area contributed by atoms with Crippen molar-refractivity contribution in [1.82, 2.24) is 20.1 Å². The smallest absolute Gasteiger partial charge is 0.309 e. The van der Waals surface area contributed by atoms with Gasteiger partial charge in [-0.15, -0.1) is 0 Å². The summed E-state index contributed by atoms with van der Waals surface area (Å²) in [6, 6.07) is -2.09. The fourth-order valence-corrected chi connectivity index (χ4v) is 2.14. The van der Waals surface area contributed by atoms with E-state index in [1.807, 2.05) is 0 Å². The van der Waals surface area contributed by atoms with Crippen LogP contribution in [0.3, 0.4) is 0 Å². The number of carbonyl (C=O) groups excluding carboxylic acids is 4. The summed E-state index contributed by atoms with van der Waals surface area (Å²) < 4.78 is 0. The number of nitro groups is 1. The fourth-order valence-electron chi connectivity index (χ4n) is 2.14. The third kappa shape index (κ3) is 1.58. The molecule has 2 aliphatic heterocycles. The first kappa shape index (κ1) is 12.7. The van der Waals surface area contributed by atoms with Crippen molar-refractivity contribution in [3.05, 3.63) is 10.1 Å². The van der Waals surface area contributed by atoms with E-state index in [1.165, 1.54) is 0 Å². The Labute approximate surface area is 105 Å². The van der Waals surface area contributed by atoms with E-state index in [4.69, 9.17) is 0 Å². The zero-order valence-corrected chi connectivity index (χ0v) is 9.89. The Bertz CT molecular complexity index is 506. The van der Waals surface area contributed by atoms with Crippen LogP contribution in [-0.2, 0) is 9.59 Å². The van der Waals surface area contributed by atoms with Gasteiger partial charge in [0.1, 0.15) is 0 Å². The highest BCUT2D eigenvalue weighted by atomic mass is 16.7. The maximum Gasteiger partial charge on any atom is 0.379 e. The number of carbonyl (C=O) groups is 4. The quantitative estimate of drug-likeness (QED) is 0.464. The van der Waals surface area contributed by atoms with Crippen molar-refractivity contribution in [3.63, 3.8) is 0 Å². The van der Waals surface area contributed by atoms with E-state index in [1.54, 1.807) is 0 Å². The minimum atomic E-state index is -1.48. The summed E-state index contributed by atoms with van der Waals surface area (Å²) in [5.74, 6) is -1.53. The summed E-state index contributed by atoms with van der Waals surface area (Å²) in [4.78, 5) is 58.1. The van der Waals surface area contributed by atoms with Crippen molar-refractivity contribution in [1.29, 1.82) is 0 Å². The van der Waals surface area contributed by atoms with Gasteiger partial charge in [0.05, 0.1) is 0 Å². The van der Waals surface area contributed by atoms with E-state index in [-0.39, 0.29) is 5.01 Å². The molecular formula is C8H9N5O6. The fraction of sp³-hybridized carbons (Fsp3) is 0.500. The number of hydrogen-bond donors (Lipinski definition) is 1. The van der Waals surface area contributed by atoms with Crippen molar-refractivity contribution >= 4 is 23.9 Å². The van der Waals surface area contributed by atoms with Crippen LogP contribution in [0, 0.1) is 10.1 Å². The molecule has 2 atom stereocenters. The molecule has 0 bridgehead atoms. The van der Waals surface area contributed by atoms with Gasteiger partial charge in [0.15, 0.2) is 11.2 Å². The number of imide groups is 2. The summed E-state index contributed by atoms with van der Waals surface area (Å²) >= 11 is 0. The maximum atomic E-state index is 11.9. The number of nitrogens with zero attached hydrogens (tertiary/aromatic N) is 4. The van der Waals surface area contributed by atoms with Gasteiger partial charge in [0.2, 0.25) is 18.0 Å². The number of fused-ring (bicyclic) bond motifs is 1. The lowest BCUT2D eigenvalue weighted by molar-refractivity contribution is -0.641. The lowest BCUT2D eigenvalue weighted by Gasteiger charge is -2.19. The molecule has 0 saturated carbocycles. The second kappa shape index (κ2) is 3.90. The Balaban J connectivity index is 2.50. The molecule has 2 aliphatic rings. The standard InChI is InChI=1S/C8H9N5O6/c1-3(14)10-5-6(11(4(2)15)8(10)17)12(13(18)19)7(16)9-5/h5-6H,1-2H3,(H,9,16)/t5-,6+/m1/s1. The predicted octanol–water partition coefficient (Wildman–Crippen LogP) is -1.31. The van der Waals surface area contributed by atoms with Crippen LogP contribution < -0.4 is 5.32 Å². The molecule has 0 aromatic heterocycles. The van der Waals surface area contributed by atoms with Crippen LogP contribution >= 0.6 is 0 Å². The molecule has 2 rings (SSSR count). The number of rotatable bonds is 1. The molecule has 11 heteroatoms. The van der Waals surface area contributed by atoms with Gasteiger partial charge in [-0.3, -0.25) is 9.59 Å². The van der Waals surface area contributed by atoms with Crippen LogP contribution in [0.4, 0.5) is 9.59 Å². The summed E-state index contributed by atoms with van der Waals surface area (Å²) in [6.45, 7) is 2.07. The zero-order chi connectivity index (χ0) is 14.5. The van der Waals surface area contributed by atoms with Crippen LogP contribution in [0.5, 0.6) is 0 Å². The molecule has 0 aliphatic carbocycles. The molecule has 0 radical (unpaired) electrons. The van der Waals surface area contributed by atoms with Crippen molar-refractivity contribution < 1.29 is 24.2 Å². The third-order valence-electron chi connectivity index (χ3n) is 2.82.